The summed E-state index contributed by atoms with van der Waals surface area (Å²) in [6.45, 7) is -0.0772. The SMILES string of the molecule is COC(=O)C1=C(C(=O)OC)N(c2cccc(Oc3ccnc(C(N)=O)c3)c2)COC1. The molecular formula is C20H19N3O7. The van der Waals surface area contributed by atoms with Crippen LogP contribution in [0.4, 0.5) is 5.69 Å². The van der Waals surface area contributed by atoms with E-state index < -0.39 is 17.8 Å². The van der Waals surface area contributed by atoms with Gasteiger partial charge in [-0.1, -0.05) is 6.07 Å². The molecule has 0 fully saturated rings. The molecule has 1 aromatic heterocycles. The summed E-state index contributed by atoms with van der Waals surface area (Å²) in [6.07, 6.45) is 1.40. The summed E-state index contributed by atoms with van der Waals surface area (Å²) in [7, 11) is 2.43. The third kappa shape index (κ3) is 4.39. The van der Waals surface area contributed by atoms with Crippen LogP contribution in [0.15, 0.2) is 53.9 Å². The van der Waals surface area contributed by atoms with Gasteiger partial charge in [0.1, 0.15) is 29.6 Å². The summed E-state index contributed by atoms with van der Waals surface area (Å²) in [5.74, 6) is -1.32. The number of benzene rings is 1. The molecule has 0 saturated carbocycles. The zero-order valence-electron chi connectivity index (χ0n) is 16.3. The lowest BCUT2D eigenvalue weighted by molar-refractivity contribution is -0.140. The Labute approximate surface area is 171 Å². The molecule has 0 radical (unpaired) electrons. The molecule has 2 heterocycles. The van der Waals surface area contributed by atoms with Crippen LogP contribution in [-0.4, -0.2) is 50.4 Å². The highest BCUT2D eigenvalue weighted by molar-refractivity contribution is 6.03. The van der Waals surface area contributed by atoms with Crippen LogP contribution in [0, 0.1) is 0 Å². The molecule has 1 aliphatic heterocycles. The van der Waals surface area contributed by atoms with Gasteiger partial charge in [-0.05, 0) is 18.2 Å². The molecule has 1 amide bonds. The summed E-state index contributed by atoms with van der Waals surface area (Å²) < 4.78 is 20.8. The van der Waals surface area contributed by atoms with Crippen LogP contribution in [-0.2, 0) is 23.8 Å². The fraction of sp³-hybridized carbons (Fsp3) is 0.200. The smallest absolute Gasteiger partial charge is 0.355 e. The van der Waals surface area contributed by atoms with E-state index in [1.807, 2.05) is 0 Å². The molecule has 0 saturated heterocycles. The van der Waals surface area contributed by atoms with Gasteiger partial charge in [-0.2, -0.15) is 0 Å². The first-order valence-corrected chi connectivity index (χ1v) is 8.73. The number of esters is 2. The second kappa shape index (κ2) is 9.05. The van der Waals surface area contributed by atoms with Crippen LogP contribution in [0.25, 0.3) is 0 Å². The molecule has 0 unspecified atom stereocenters. The first kappa shape index (κ1) is 20.8. The molecule has 10 nitrogen and oxygen atoms in total. The number of carbonyl (C=O) groups excluding carboxylic acids is 3. The van der Waals surface area contributed by atoms with E-state index >= 15 is 0 Å². The number of hydrogen-bond acceptors (Lipinski definition) is 9. The van der Waals surface area contributed by atoms with Crippen molar-refractivity contribution < 1.29 is 33.3 Å². The molecule has 3 rings (SSSR count). The number of nitrogens with two attached hydrogens (primary N) is 1. The number of methoxy groups -OCH3 is 2. The Morgan fingerprint density at radius 3 is 2.50 bits per heavy atom. The average Bonchev–Trinajstić information content (AvgIpc) is 2.77. The number of aromatic nitrogens is 1. The van der Waals surface area contributed by atoms with Crippen molar-refractivity contribution in [2.24, 2.45) is 5.73 Å². The molecule has 1 aliphatic rings. The van der Waals surface area contributed by atoms with Crippen molar-refractivity contribution in [1.29, 1.82) is 0 Å². The highest BCUT2D eigenvalue weighted by atomic mass is 16.5. The first-order chi connectivity index (χ1) is 14.4. The highest BCUT2D eigenvalue weighted by Crippen LogP contribution is 2.31. The summed E-state index contributed by atoms with van der Waals surface area (Å²) in [5.41, 5.74) is 5.88. The predicted molar refractivity (Wildman–Crippen MR) is 104 cm³/mol. The Hall–Kier alpha value is -3.92. The lowest BCUT2D eigenvalue weighted by Crippen LogP contribution is -2.38. The number of rotatable bonds is 6. The van der Waals surface area contributed by atoms with Crippen molar-refractivity contribution in [3.63, 3.8) is 0 Å². The fourth-order valence-corrected chi connectivity index (χ4v) is 2.81. The predicted octanol–water partition coefficient (Wildman–Crippen LogP) is 1.37. The molecular weight excluding hydrogens is 394 g/mol. The van der Waals surface area contributed by atoms with Gasteiger partial charge in [0.25, 0.3) is 5.91 Å². The van der Waals surface area contributed by atoms with Crippen molar-refractivity contribution >= 4 is 23.5 Å². The van der Waals surface area contributed by atoms with Gasteiger partial charge in [-0.25, -0.2) is 9.59 Å². The molecule has 0 atom stereocenters. The summed E-state index contributed by atoms with van der Waals surface area (Å²) >= 11 is 0. The molecule has 10 heteroatoms. The normalized spacial score (nSPS) is 13.6. The van der Waals surface area contributed by atoms with E-state index in [1.54, 1.807) is 30.3 Å². The van der Waals surface area contributed by atoms with Crippen LogP contribution >= 0.6 is 0 Å². The Morgan fingerprint density at radius 2 is 1.80 bits per heavy atom. The quantitative estimate of drug-likeness (QED) is 0.698. The van der Waals surface area contributed by atoms with Gasteiger partial charge < -0.3 is 29.6 Å². The van der Waals surface area contributed by atoms with Crippen molar-refractivity contribution in [1.82, 2.24) is 4.98 Å². The highest BCUT2D eigenvalue weighted by Gasteiger charge is 2.32. The third-order valence-corrected chi connectivity index (χ3v) is 4.18. The van der Waals surface area contributed by atoms with E-state index in [1.165, 1.54) is 31.4 Å². The van der Waals surface area contributed by atoms with Gasteiger partial charge in [-0.15, -0.1) is 0 Å². The van der Waals surface area contributed by atoms with Gasteiger partial charge >= 0.3 is 11.9 Å². The van der Waals surface area contributed by atoms with Crippen molar-refractivity contribution in [2.75, 3.05) is 32.5 Å². The molecule has 0 aliphatic carbocycles. The number of amides is 1. The molecule has 30 heavy (non-hydrogen) atoms. The Kier molecular flexibility index (Phi) is 6.28. The topological polar surface area (TPSA) is 130 Å². The van der Waals surface area contributed by atoms with Gasteiger partial charge in [0.2, 0.25) is 0 Å². The number of pyridine rings is 1. The Bertz CT molecular complexity index is 1020. The first-order valence-electron chi connectivity index (χ1n) is 8.73. The van der Waals surface area contributed by atoms with Crippen LogP contribution in [0.5, 0.6) is 11.5 Å². The Balaban J connectivity index is 1.96. The monoisotopic (exact) mass is 413 g/mol. The van der Waals surface area contributed by atoms with Gasteiger partial charge in [0, 0.05) is 24.0 Å². The zero-order valence-corrected chi connectivity index (χ0v) is 16.3. The number of hydrogen-bond donors (Lipinski definition) is 1. The minimum Gasteiger partial charge on any atom is -0.466 e. The van der Waals surface area contributed by atoms with Crippen LogP contribution in [0.1, 0.15) is 10.5 Å². The number of ether oxygens (including phenoxy) is 4. The largest absolute Gasteiger partial charge is 0.466 e. The minimum atomic E-state index is -0.703. The molecule has 2 N–H and O–H groups in total. The maximum absolute atomic E-state index is 12.4. The zero-order chi connectivity index (χ0) is 21.7. The van der Waals surface area contributed by atoms with Crippen molar-refractivity contribution in [3.8, 4) is 11.5 Å². The van der Waals surface area contributed by atoms with Gasteiger partial charge in [-0.3, -0.25) is 9.78 Å². The molecule has 156 valence electrons. The Morgan fingerprint density at radius 1 is 1.07 bits per heavy atom. The minimum absolute atomic E-state index is 0.00939. The maximum Gasteiger partial charge on any atom is 0.355 e. The number of carbonyl (C=O) groups is 3. The number of primary amides is 1. The second-order valence-electron chi connectivity index (χ2n) is 6.06. The van der Waals surface area contributed by atoms with E-state index in [0.717, 1.165) is 0 Å². The molecule has 1 aromatic carbocycles. The summed E-state index contributed by atoms with van der Waals surface area (Å²) in [5, 5.41) is 0. The van der Waals surface area contributed by atoms with E-state index in [0.29, 0.717) is 17.2 Å². The standard InChI is InChI=1S/C20H19N3O7/c1-27-19(25)15-10-29-11-23(17(15)20(26)28-2)12-4-3-5-13(8-12)30-14-6-7-22-16(9-14)18(21)24/h3-9H,10-11H2,1-2H3,(H2,21,24). The number of nitrogens with zero attached hydrogens (tertiary/aromatic N) is 2. The third-order valence-electron chi connectivity index (χ3n) is 4.18. The van der Waals surface area contributed by atoms with E-state index in [-0.39, 0.29) is 30.3 Å². The average molecular weight is 413 g/mol. The summed E-state index contributed by atoms with van der Waals surface area (Å²) in [6, 6.07) is 9.70. The van der Waals surface area contributed by atoms with Crippen LogP contribution < -0.4 is 15.4 Å². The second-order valence-corrected chi connectivity index (χ2v) is 6.06. The number of anilines is 1. The van der Waals surface area contributed by atoms with E-state index in [2.05, 4.69) is 4.98 Å². The molecule has 0 bridgehead atoms. The van der Waals surface area contributed by atoms with E-state index in [9.17, 15) is 14.4 Å². The fourth-order valence-electron chi connectivity index (χ4n) is 2.81. The van der Waals surface area contributed by atoms with Gasteiger partial charge in [0.15, 0.2) is 0 Å². The van der Waals surface area contributed by atoms with Crippen LogP contribution in [0.3, 0.4) is 0 Å². The van der Waals surface area contributed by atoms with Crippen molar-refractivity contribution in [3.05, 3.63) is 59.6 Å². The lowest BCUT2D eigenvalue weighted by atomic mass is 10.1. The van der Waals surface area contributed by atoms with Gasteiger partial charge in [0.05, 0.1) is 26.4 Å². The maximum atomic E-state index is 12.4. The van der Waals surface area contributed by atoms with Crippen molar-refractivity contribution in [2.45, 2.75) is 0 Å². The van der Waals surface area contributed by atoms with E-state index in [4.69, 9.17) is 24.7 Å². The summed E-state index contributed by atoms with van der Waals surface area (Å²) in [4.78, 5) is 41.1. The molecule has 0 spiro atoms. The van der Waals surface area contributed by atoms with Crippen LogP contribution in [0.2, 0.25) is 0 Å². The lowest BCUT2D eigenvalue weighted by Gasteiger charge is -2.31. The molecule has 2 aromatic rings.